The first-order valence-corrected chi connectivity index (χ1v) is 10.8. The lowest BCUT2D eigenvalue weighted by Crippen LogP contribution is -2.48. The number of carbonyl (C=O) groups is 1. The Morgan fingerprint density at radius 3 is 2.45 bits per heavy atom. The highest BCUT2D eigenvalue weighted by molar-refractivity contribution is 5.70. The van der Waals surface area contributed by atoms with E-state index in [9.17, 15) is 9.90 Å². The molecule has 0 unspecified atom stereocenters. The van der Waals surface area contributed by atoms with Gasteiger partial charge in [0.25, 0.3) is 0 Å². The van der Waals surface area contributed by atoms with Gasteiger partial charge in [-0.05, 0) is 43.0 Å². The van der Waals surface area contributed by atoms with Crippen molar-refractivity contribution in [2.24, 2.45) is 0 Å². The second kappa shape index (κ2) is 9.31. The van der Waals surface area contributed by atoms with E-state index in [2.05, 4.69) is 4.98 Å². The van der Waals surface area contributed by atoms with E-state index in [1.54, 1.807) is 11.1 Å². The largest absolute Gasteiger partial charge is 0.438 e. The molecule has 0 bridgehead atoms. The SMILES string of the molecule is C[C@@H](c1ccc(-c2ccccn2)cc1)N1CC[C@](CCCO)(c2ccccc2)OC1=O. The van der Waals surface area contributed by atoms with Crippen molar-refractivity contribution in [3.8, 4) is 11.3 Å². The summed E-state index contributed by atoms with van der Waals surface area (Å²) in [6.07, 6.45) is 3.37. The molecule has 160 valence electrons. The molecule has 0 spiro atoms. The average Bonchev–Trinajstić information content (AvgIpc) is 2.83. The van der Waals surface area contributed by atoms with Gasteiger partial charge in [-0.3, -0.25) is 4.98 Å². The molecule has 2 atom stereocenters. The van der Waals surface area contributed by atoms with E-state index in [1.165, 1.54) is 0 Å². The van der Waals surface area contributed by atoms with E-state index < -0.39 is 5.60 Å². The maximum atomic E-state index is 13.1. The quantitative estimate of drug-likeness (QED) is 0.566. The molecule has 1 aliphatic heterocycles. The van der Waals surface area contributed by atoms with E-state index in [-0.39, 0.29) is 18.7 Å². The molecule has 5 heteroatoms. The third-order valence-corrected chi connectivity index (χ3v) is 6.13. The number of hydrogen-bond acceptors (Lipinski definition) is 4. The minimum absolute atomic E-state index is 0.0782. The lowest BCUT2D eigenvalue weighted by molar-refractivity contribution is -0.0680. The van der Waals surface area contributed by atoms with Crippen LogP contribution in [0.3, 0.4) is 0 Å². The first kappa shape index (κ1) is 21.1. The fourth-order valence-electron chi connectivity index (χ4n) is 4.30. The van der Waals surface area contributed by atoms with E-state index in [0.29, 0.717) is 25.8 Å². The number of aliphatic hydroxyl groups excluding tert-OH is 1. The molecule has 3 aromatic rings. The molecule has 1 aliphatic rings. The third-order valence-electron chi connectivity index (χ3n) is 6.13. The Balaban J connectivity index is 1.51. The second-order valence-electron chi connectivity index (χ2n) is 8.01. The Kier molecular flexibility index (Phi) is 6.33. The van der Waals surface area contributed by atoms with Crippen LogP contribution < -0.4 is 0 Å². The van der Waals surface area contributed by atoms with Crippen LogP contribution in [0.2, 0.25) is 0 Å². The predicted octanol–water partition coefficient (Wildman–Crippen LogP) is 5.32. The number of aliphatic hydroxyl groups is 1. The minimum atomic E-state index is -0.680. The van der Waals surface area contributed by atoms with Crippen LogP contribution in [0.1, 0.15) is 43.4 Å². The Morgan fingerprint density at radius 2 is 1.81 bits per heavy atom. The topological polar surface area (TPSA) is 62.7 Å². The van der Waals surface area contributed by atoms with Crippen molar-refractivity contribution in [1.82, 2.24) is 9.88 Å². The number of aromatic nitrogens is 1. The maximum absolute atomic E-state index is 13.1. The average molecular weight is 417 g/mol. The summed E-state index contributed by atoms with van der Waals surface area (Å²) in [5.41, 5.74) is 3.34. The molecule has 1 aromatic heterocycles. The van der Waals surface area contributed by atoms with Crippen molar-refractivity contribution < 1.29 is 14.6 Å². The fourth-order valence-corrected chi connectivity index (χ4v) is 4.30. The van der Waals surface area contributed by atoms with Gasteiger partial charge in [0.15, 0.2) is 0 Å². The van der Waals surface area contributed by atoms with Crippen molar-refractivity contribution in [2.45, 2.75) is 37.8 Å². The number of benzene rings is 2. The van der Waals surface area contributed by atoms with Crippen molar-refractivity contribution in [2.75, 3.05) is 13.2 Å². The number of pyridine rings is 1. The second-order valence-corrected chi connectivity index (χ2v) is 8.01. The van der Waals surface area contributed by atoms with Gasteiger partial charge in [-0.25, -0.2) is 4.79 Å². The fraction of sp³-hybridized carbons (Fsp3) is 0.308. The number of cyclic esters (lactones) is 1. The van der Waals surface area contributed by atoms with Crippen molar-refractivity contribution in [3.63, 3.8) is 0 Å². The zero-order valence-corrected chi connectivity index (χ0v) is 17.8. The number of nitrogens with zero attached hydrogens (tertiary/aromatic N) is 2. The van der Waals surface area contributed by atoms with Gasteiger partial charge < -0.3 is 14.7 Å². The van der Waals surface area contributed by atoms with Crippen molar-refractivity contribution >= 4 is 6.09 Å². The van der Waals surface area contributed by atoms with Crippen LogP contribution in [0.25, 0.3) is 11.3 Å². The minimum Gasteiger partial charge on any atom is -0.438 e. The summed E-state index contributed by atoms with van der Waals surface area (Å²) in [4.78, 5) is 19.3. The van der Waals surface area contributed by atoms with Crippen LogP contribution in [0.15, 0.2) is 79.0 Å². The highest BCUT2D eigenvalue weighted by Gasteiger charge is 2.43. The molecule has 0 radical (unpaired) electrons. The van der Waals surface area contributed by atoms with Gasteiger partial charge in [-0.15, -0.1) is 0 Å². The monoisotopic (exact) mass is 416 g/mol. The Morgan fingerprint density at radius 1 is 1.06 bits per heavy atom. The molecule has 2 aromatic carbocycles. The van der Waals surface area contributed by atoms with Gasteiger partial charge in [-0.1, -0.05) is 60.7 Å². The number of rotatable bonds is 7. The molecule has 4 rings (SSSR count). The molecule has 31 heavy (non-hydrogen) atoms. The van der Waals surface area contributed by atoms with Gasteiger partial charge in [-0.2, -0.15) is 0 Å². The van der Waals surface area contributed by atoms with Crippen LogP contribution in [0.4, 0.5) is 4.79 Å². The van der Waals surface area contributed by atoms with E-state index in [4.69, 9.17) is 4.74 Å². The van der Waals surface area contributed by atoms with Crippen LogP contribution in [0.5, 0.6) is 0 Å². The van der Waals surface area contributed by atoms with Gasteiger partial charge >= 0.3 is 6.09 Å². The lowest BCUT2D eigenvalue weighted by Gasteiger charge is -2.43. The molecule has 5 nitrogen and oxygen atoms in total. The van der Waals surface area contributed by atoms with Crippen LogP contribution in [-0.4, -0.2) is 34.2 Å². The predicted molar refractivity (Wildman–Crippen MR) is 120 cm³/mol. The number of amides is 1. The van der Waals surface area contributed by atoms with Gasteiger partial charge in [0, 0.05) is 31.3 Å². The Bertz CT molecular complexity index is 992. The highest BCUT2D eigenvalue weighted by atomic mass is 16.6. The molecule has 1 fully saturated rings. The molecule has 1 N–H and O–H groups in total. The molecule has 1 saturated heterocycles. The Hall–Kier alpha value is -3.18. The van der Waals surface area contributed by atoms with Crippen LogP contribution in [-0.2, 0) is 10.3 Å². The summed E-state index contributed by atoms with van der Waals surface area (Å²) in [5.74, 6) is 0. The van der Waals surface area contributed by atoms with Gasteiger partial charge in [0.05, 0.1) is 11.7 Å². The lowest BCUT2D eigenvalue weighted by atomic mass is 9.84. The van der Waals surface area contributed by atoms with E-state index in [1.807, 2.05) is 79.7 Å². The van der Waals surface area contributed by atoms with Crippen molar-refractivity contribution in [1.29, 1.82) is 0 Å². The number of carbonyl (C=O) groups excluding carboxylic acids is 1. The summed E-state index contributed by atoms with van der Waals surface area (Å²) < 4.78 is 6.08. The summed E-state index contributed by atoms with van der Waals surface area (Å²) in [5, 5.41) is 9.36. The van der Waals surface area contributed by atoms with Crippen molar-refractivity contribution in [3.05, 3.63) is 90.1 Å². The molecule has 2 heterocycles. The standard InChI is InChI=1S/C26H28N2O3/c1-20(21-11-13-22(14-12-21)24-10-5-6-17-27-24)28-18-16-26(15-7-19-29,31-25(28)30)23-8-3-2-4-9-23/h2-6,8-14,17,20,29H,7,15-16,18-19H2,1H3/t20-,26+/m0/s1. The number of ether oxygens (including phenoxy) is 1. The summed E-state index contributed by atoms with van der Waals surface area (Å²) in [6, 6.07) is 23.8. The third kappa shape index (κ3) is 4.47. The first-order chi connectivity index (χ1) is 15.1. The van der Waals surface area contributed by atoms with E-state index >= 15 is 0 Å². The molecule has 0 saturated carbocycles. The number of hydrogen-bond donors (Lipinski definition) is 1. The summed E-state index contributed by atoms with van der Waals surface area (Å²) in [7, 11) is 0. The smallest absolute Gasteiger partial charge is 0.411 e. The van der Waals surface area contributed by atoms with Gasteiger partial charge in [0.2, 0.25) is 0 Å². The molecular formula is C26H28N2O3. The van der Waals surface area contributed by atoms with E-state index in [0.717, 1.165) is 22.4 Å². The normalized spacial score (nSPS) is 19.7. The highest BCUT2D eigenvalue weighted by Crippen LogP contribution is 2.40. The zero-order chi connectivity index (χ0) is 21.7. The summed E-state index contributed by atoms with van der Waals surface area (Å²) in [6.45, 7) is 2.71. The summed E-state index contributed by atoms with van der Waals surface area (Å²) >= 11 is 0. The Labute approximate surface area is 183 Å². The maximum Gasteiger partial charge on any atom is 0.411 e. The van der Waals surface area contributed by atoms with Crippen LogP contribution in [0, 0.1) is 0 Å². The molecule has 0 aliphatic carbocycles. The molecule has 1 amide bonds. The van der Waals surface area contributed by atoms with Gasteiger partial charge in [0.1, 0.15) is 5.60 Å². The first-order valence-electron chi connectivity index (χ1n) is 10.8. The van der Waals surface area contributed by atoms with Crippen LogP contribution >= 0.6 is 0 Å². The zero-order valence-electron chi connectivity index (χ0n) is 17.8. The molecular weight excluding hydrogens is 388 g/mol.